The number of ketones is 1. The van der Waals surface area contributed by atoms with Gasteiger partial charge in [-0.2, -0.15) is 0 Å². The van der Waals surface area contributed by atoms with Crippen LogP contribution in [0.3, 0.4) is 0 Å². The molecule has 0 aliphatic carbocycles. The van der Waals surface area contributed by atoms with E-state index in [1.807, 2.05) is 0 Å². The number of quaternary nitrogens is 2. The second-order valence-electron chi connectivity index (χ2n) is 5.62. The van der Waals surface area contributed by atoms with Crippen LogP contribution < -0.4 is 14.9 Å². The predicted octanol–water partition coefficient (Wildman–Crippen LogP) is -2.45. The molecule has 1 aromatic rings. The summed E-state index contributed by atoms with van der Waals surface area (Å²) in [5.74, 6) is -1.27. The number of hydrogen-bond donors (Lipinski definition) is 2. The number of nitrogens with one attached hydrogen (secondary N) is 2. The standard InChI is InChI=1S/C15H19BrN2O3/c1-17-6-8-18(9-7-17)13(15(20)21)10-14(19)11-2-4-12(16)5-3-11/h2-5,13H,6-10H2,1H3,(H,20,21)/p+1/t13-/m1/s1. The maximum atomic E-state index is 12.3. The molecule has 1 saturated heterocycles. The highest BCUT2D eigenvalue weighted by Gasteiger charge is 2.30. The number of halogens is 1. The molecule has 2 N–H and O–H groups in total. The van der Waals surface area contributed by atoms with Crippen LogP contribution >= 0.6 is 15.9 Å². The van der Waals surface area contributed by atoms with E-state index in [1.54, 1.807) is 24.3 Å². The molecule has 0 unspecified atom stereocenters. The lowest BCUT2D eigenvalue weighted by Gasteiger charge is -2.33. The summed E-state index contributed by atoms with van der Waals surface area (Å²) in [7, 11) is 2.10. The van der Waals surface area contributed by atoms with Crippen molar-refractivity contribution in [3.63, 3.8) is 0 Å². The smallest absolute Gasteiger partial charge is 0.169 e. The van der Waals surface area contributed by atoms with Gasteiger partial charge in [0.15, 0.2) is 5.78 Å². The van der Waals surface area contributed by atoms with Gasteiger partial charge in [0.2, 0.25) is 0 Å². The van der Waals surface area contributed by atoms with Gasteiger partial charge in [-0.1, -0.05) is 28.1 Å². The van der Waals surface area contributed by atoms with Crippen LogP contribution in [0.25, 0.3) is 0 Å². The molecular weight excluding hydrogens is 336 g/mol. The molecule has 1 aromatic carbocycles. The maximum Gasteiger partial charge on any atom is 0.169 e. The Morgan fingerprint density at radius 1 is 1.19 bits per heavy atom. The van der Waals surface area contributed by atoms with Gasteiger partial charge in [0.05, 0.1) is 19.4 Å². The number of carbonyl (C=O) groups is 2. The quantitative estimate of drug-likeness (QED) is 0.576. The zero-order valence-electron chi connectivity index (χ0n) is 12.0. The molecule has 0 bridgehead atoms. The molecule has 114 valence electrons. The van der Waals surface area contributed by atoms with Crippen molar-refractivity contribution in [1.29, 1.82) is 0 Å². The molecule has 1 aliphatic rings. The summed E-state index contributed by atoms with van der Waals surface area (Å²) in [5.41, 5.74) is 0.545. The van der Waals surface area contributed by atoms with E-state index >= 15 is 0 Å². The molecule has 5 nitrogen and oxygen atoms in total. The van der Waals surface area contributed by atoms with E-state index < -0.39 is 12.0 Å². The summed E-state index contributed by atoms with van der Waals surface area (Å²) in [6.45, 7) is 3.37. The van der Waals surface area contributed by atoms with E-state index in [0.717, 1.165) is 35.6 Å². The van der Waals surface area contributed by atoms with Gasteiger partial charge in [-0.05, 0) is 12.1 Å². The average molecular weight is 356 g/mol. The van der Waals surface area contributed by atoms with Crippen molar-refractivity contribution in [2.24, 2.45) is 0 Å². The molecule has 1 aliphatic heterocycles. The van der Waals surface area contributed by atoms with Crippen molar-refractivity contribution >= 4 is 27.7 Å². The van der Waals surface area contributed by atoms with Crippen LogP contribution in [-0.4, -0.2) is 51.0 Å². The van der Waals surface area contributed by atoms with Crippen molar-refractivity contribution in [3.05, 3.63) is 34.3 Å². The van der Waals surface area contributed by atoms with E-state index in [2.05, 4.69) is 23.0 Å². The fourth-order valence-corrected chi connectivity index (χ4v) is 2.94. The summed E-state index contributed by atoms with van der Waals surface area (Å²) in [5, 5.41) is 11.4. The monoisotopic (exact) mass is 355 g/mol. The van der Waals surface area contributed by atoms with Gasteiger partial charge in [0, 0.05) is 10.0 Å². The Labute approximate surface area is 132 Å². The van der Waals surface area contributed by atoms with Crippen molar-refractivity contribution in [3.8, 4) is 0 Å². The first kappa shape index (κ1) is 16.1. The molecule has 1 fully saturated rings. The Balaban J connectivity index is 2.04. The molecular formula is C15H20BrN2O3+. The number of likely N-dealkylation sites (N-methyl/N-ethyl adjacent to an activating group) is 1. The second-order valence-corrected chi connectivity index (χ2v) is 6.54. The van der Waals surface area contributed by atoms with Crippen LogP contribution in [0.15, 0.2) is 28.7 Å². The summed E-state index contributed by atoms with van der Waals surface area (Å²) in [4.78, 5) is 26.0. The first-order chi connectivity index (χ1) is 9.97. The normalized spacial score (nSPS) is 23.5. The van der Waals surface area contributed by atoms with Crippen molar-refractivity contribution in [2.75, 3.05) is 33.2 Å². The second kappa shape index (κ2) is 7.15. The molecule has 0 radical (unpaired) electrons. The van der Waals surface area contributed by atoms with Gasteiger partial charge in [-0.3, -0.25) is 4.79 Å². The van der Waals surface area contributed by atoms with Gasteiger partial charge >= 0.3 is 0 Å². The molecule has 6 heteroatoms. The molecule has 0 spiro atoms. The number of hydrogen-bond acceptors (Lipinski definition) is 3. The van der Waals surface area contributed by atoms with Gasteiger partial charge < -0.3 is 19.7 Å². The van der Waals surface area contributed by atoms with Crippen LogP contribution in [0.2, 0.25) is 0 Å². The van der Waals surface area contributed by atoms with E-state index in [4.69, 9.17) is 0 Å². The number of carbonyl (C=O) groups excluding carboxylic acids is 2. The van der Waals surface area contributed by atoms with Gasteiger partial charge in [-0.25, -0.2) is 0 Å². The number of rotatable bonds is 5. The van der Waals surface area contributed by atoms with E-state index in [0.29, 0.717) is 5.56 Å². The Kier molecular flexibility index (Phi) is 5.50. The molecule has 0 aromatic heterocycles. The highest BCUT2D eigenvalue weighted by Crippen LogP contribution is 2.12. The van der Waals surface area contributed by atoms with E-state index in [-0.39, 0.29) is 12.2 Å². The number of aliphatic carboxylic acids is 1. The number of carboxylic acid groups (broad SMARTS) is 1. The lowest BCUT2D eigenvalue weighted by molar-refractivity contribution is -1.01. The fourth-order valence-electron chi connectivity index (χ4n) is 2.68. The third-order valence-corrected chi connectivity index (χ3v) is 4.61. The van der Waals surface area contributed by atoms with Crippen molar-refractivity contribution < 1.29 is 24.5 Å². The molecule has 0 saturated carbocycles. The largest absolute Gasteiger partial charge is 0.544 e. The number of carboxylic acids is 1. The lowest BCUT2D eigenvalue weighted by Crippen LogP contribution is -3.29. The molecule has 1 atom stereocenters. The SMILES string of the molecule is C[NH+]1CC[NH+]([C@H](CC(=O)c2ccc(Br)cc2)C(=O)[O-])CC1. The number of Topliss-reactive ketones (excluding diaryl/α,β-unsaturated/α-hetero) is 1. The topological polar surface area (TPSA) is 66.1 Å². The summed E-state index contributed by atoms with van der Waals surface area (Å²) in [6.07, 6.45) is -0.00164. The van der Waals surface area contributed by atoms with Crippen molar-refractivity contribution in [1.82, 2.24) is 0 Å². The minimum atomic E-state index is -1.13. The van der Waals surface area contributed by atoms with Gasteiger partial charge in [0.25, 0.3) is 0 Å². The van der Waals surface area contributed by atoms with Crippen molar-refractivity contribution in [2.45, 2.75) is 12.5 Å². The Bertz CT molecular complexity index is 510. The zero-order valence-corrected chi connectivity index (χ0v) is 13.6. The molecule has 2 rings (SSSR count). The Morgan fingerprint density at radius 3 is 2.29 bits per heavy atom. The molecule has 21 heavy (non-hydrogen) atoms. The summed E-state index contributed by atoms with van der Waals surface area (Å²) in [6, 6.07) is 6.24. The highest BCUT2D eigenvalue weighted by molar-refractivity contribution is 9.10. The summed E-state index contributed by atoms with van der Waals surface area (Å²) >= 11 is 3.31. The third kappa shape index (κ3) is 4.36. The van der Waals surface area contributed by atoms with E-state index in [9.17, 15) is 14.7 Å². The molecule has 1 heterocycles. The van der Waals surface area contributed by atoms with Crippen LogP contribution in [0.5, 0.6) is 0 Å². The van der Waals surface area contributed by atoms with Crippen LogP contribution in [0.4, 0.5) is 0 Å². The Hall–Kier alpha value is -1.24. The maximum absolute atomic E-state index is 12.3. The summed E-state index contributed by atoms with van der Waals surface area (Å²) < 4.78 is 0.892. The van der Waals surface area contributed by atoms with E-state index in [1.165, 1.54) is 4.90 Å². The number of piperazine rings is 1. The Morgan fingerprint density at radius 2 is 1.76 bits per heavy atom. The first-order valence-electron chi connectivity index (χ1n) is 7.13. The lowest BCUT2D eigenvalue weighted by atomic mass is 10.0. The third-order valence-electron chi connectivity index (χ3n) is 4.08. The predicted molar refractivity (Wildman–Crippen MR) is 79.2 cm³/mol. The van der Waals surface area contributed by atoms with Crippen LogP contribution in [0.1, 0.15) is 16.8 Å². The van der Waals surface area contributed by atoms with Crippen LogP contribution in [-0.2, 0) is 4.79 Å². The minimum absolute atomic E-state index is 0.00164. The minimum Gasteiger partial charge on any atom is -0.544 e. The number of benzene rings is 1. The van der Waals surface area contributed by atoms with Crippen LogP contribution in [0, 0.1) is 0 Å². The highest BCUT2D eigenvalue weighted by atomic mass is 79.9. The van der Waals surface area contributed by atoms with Gasteiger partial charge in [-0.15, -0.1) is 0 Å². The fraction of sp³-hybridized carbons (Fsp3) is 0.467. The first-order valence-corrected chi connectivity index (χ1v) is 7.92. The average Bonchev–Trinajstić information content (AvgIpc) is 2.46. The molecule has 0 amide bonds. The zero-order chi connectivity index (χ0) is 15.4. The van der Waals surface area contributed by atoms with Gasteiger partial charge in [0.1, 0.15) is 32.2 Å².